The van der Waals surface area contributed by atoms with Crippen LogP contribution in [-0.4, -0.2) is 12.1 Å². The van der Waals surface area contributed by atoms with Crippen molar-refractivity contribution in [2.45, 2.75) is 6.61 Å². The van der Waals surface area contributed by atoms with Gasteiger partial charge in [-0.1, -0.05) is 54.2 Å². The molecule has 0 unspecified atom stereocenters. The zero-order valence-electron chi connectivity index (χ0n) is 10.9. The van der Waals surface area contributed by atoms with Crippen molar-refractivity contribution in [2.24, 2.45) is 5.73 Å². The fraction of sp³-hybridized carbons (Fsp3) is 0.133. The number of thiocarbonyl (C=S) groups is 1. The highest BCUT2D eigenvalue weighted by Gasteiger charge is 2.13. The molecule has 0 fully saturated rings. The van der Waals surface area contributed by atoms with E-state index in [9.17, 15) is 0 Å². The van der Waals surface area contributed by atoms with Crippen LogP contribution in [0.2, 0.25) is 5.02 Å². The van der Waals surface area contributed by atoms with E-state index < -0.39 is 0 Å². The van der Waals surface area contributed by atoms with Gasteiger partial charge in [-0.3, -0.25) is 0 Å². The van der Waals surface area contributed by atoms with Gasteiger partial charge in [-0.05, 0) is 17.7 Å². The SMILES string of the molecule is COc1cc(C(N)=S)cc(Cl)c1OCc1ccccc1. The molecule has 5 heteroatoms. The average Bonchev–Trinajstić information content (AvgIpc) is 2.46. The normalized spacial score (nSPS) is 10.1. The smallest absolute Gasteiger partial charge is 0.180 e. The minimum absolute atomic E-state index is 0.264. The molecule has 0 saturated heterocycles. The van der Waals surface area contributed by atoms with E-state index in [0.29, 0.717) is 28.7 Å². The first kappa shape index (κ1) is 14.6. The van der Waals surface area contributed by atoms with Crippen molar-refractivity contribution in [1.29, 1.82) is 0 Å². The molecular weight excluding hydrogens is 294 g/mol. The van der Waals surface area contributed by atoms with Crippen molar-refractivity contribution in [1.82, 2.24) is 0 Å². The summed E-state index contributed by atoms with van der Waals surface area (Å²) in [6, 6.07) is 13.2. The van der Waals surface area contributed by atoms with Crippen LogP contribution in [0.15, 0.2) is 42.5 Å². The Kier molecular flexibility index (Phi) is 4.82. The van der Waals surface area contributed by atoms with Gasteiger partial charge >= 0.3 is 0 Å². The molecule has 0 saturated carbocycles. The van der Waals surface area contributed by atoms with Crippen LogP contribution in [0.5, 0.6) is 11.5 Å². The molecule has 20 heavy (non-hydrogen) atoms. The van der Waals surface area contributed by atoms with Crippen LogP contribution in [0.25, 0.3) is 0 Å². The number of methoxy groups -OCH3 is 1. The molecule has 3 nitrogen and oxygen atoms in total. The number of halogens is 1. The highest BCUT2D eigenvalue weighted by Crippen LogP contribution is 2.36. The summed E-state index contributed by atoms with van der Waals surface area (Å²) in [6.45, 7) is 0.406. The van der Waals surface area contributed by atoms with Gasteiger partial charge in [0, 0.05) is 5.56 Å². The summed E-state index contributed by atoms with van der Waals surface area (Å²) in [7, 11) is 1.55. The van der Waals surface area contributed by atoms with Crippen molar-refractivity contribution < 1.29 is 9.47 Å². The number of benzene rings is 2. The van der Waals surface area contributed by atoms with Crippen LogP contribution >= 0.6 is 23.8 Å². The summed E-state index contributed by atoms with van der Waals surface area (Å²) in [5.74, 6) is 0.995. The summed E-state index contributed by atoms with van der Waals surface area (Å²) in [5.41, 5.74) is 7.29. The Labute approximate surface area is 128 Å². The number of hydrogen-bond acceptors (Lipinski definition) is 3. The lowest BCUT2D eigenvalue weighted by Crippen LogP contribution is -2.10. The van der Waals surface area contributed by atoms with Crippen LogP contribution in [0.4, 0.5) is 0 Å². The second-order valence-corrected chi connectivity index (χ2v) is 4.98. The molecule has 0 spiro atoms. The first-order valence-corrected chi connectivity index (χ1v) is 6.74. The van der Waals surface area contributed by atoms with E-state index in [1.807, 2.05) is 30.3 Å². The number of nitrogens with two attached hydrogens (primary N) is 1. The van der Waals surface area contributed by atoms with E-state index in [1.54, 1.807) is 19.2 Å². The topological polar surface area (TPSA) is 44.5 Å². The lowest BCUT2D eigenvalue weighted by Gasteiger charge is -2.14. The van der Waals surface area contributed by atoms with Gasteiger partial charge in [-0.15, -0.1) is 0 Å². The average molecular weight is 308 g/mol. The van der Waals surface area contributed by atoms with Crippen molar-refractivity contribution in [3.63, 3.8) is 0 Å². The summed E-state index contributed by atoms with van der Waals surface area (Å²) in [6.07, 6.45) is 0. The molecule has 2 rings (SSSR count). The van der Waals surface area contributed by atoms with Crippen molar-refractivity contribution in [3.05, 3.63) is 58.6 Å². The predicted molar refractivity (Wildman–Crippen MR) is 84.7 cm³/mol. The largest absolute Gasteiger partial charge is 0.493 e. The van der Waals surface area contributed by atoms with Crippen molar-refractivity contribution in [3.8, 4) is 11.5 Å². The Morgan fingerprint density at radius 2 is 1.95 bits per heavy atom. The third-order valence-electron chi connectivity index (χ3n) is 2.74. The molecule has 104 valence electrons. The maximum atomic E-state index is 6.20. The molecule has 0 radical (unpaired) electrons. The molecule has 0 aromatic heterocycles. The minimum atomic E-state index is 0.264. The van der Waals surface area contributed by atoms with E-state index in [2.05, 4.69) is 0 Å². The molecule has 0 amide bonds. The monoisotopic (exact) mass is 307 g/mol. The van der Waals surface area contributed by atoms with Crippen molar-refractivity contribution in [2.75, 3.05) is 7.11 Å². The Hall–Kier alpha value is -1.78. The fourth-order valence-electron chi connectivity index (χ4n) is 1.73. The van der Waals surface area contributed by atoms with Crippen LogP contribution in [0.1, 0.15) is 11.1 Å². The Balaban J connectivity index is 2.25. The number of hydrogen-bond donors (Lipinski definition) is 1. The third kappa shape index (κ3) is 3.40. The van der Waals surface area contributed by atoms with Crippen molar-refractivity contribution >= 4 is 28.8 Å². The zero-order valence-corrected chi connectivity index (χ0v) is 12.5. The van der Waals surface area contributed by atoms with Gasteiger partial charge in [0.25, 0.3) is 0 Å². The molecule has 0 aliphatic carbocycles. The van der Waals surface area contributed by atoms with Crippen LogP contribution in [-0.2, 0) is 6.61 Å². The Morgan fingerprint density at radius 3 is 2.55 bits per heavy atom. The molecule has 2 aromatic rings. The molecule has 0 heterocycles. The van der Waals surface area contributed by atoms with E-state index in [1.165, 1.54) is 0 Å². The van der Waals surface area contributed by atoms with Crippen LogP contribution in [0.3, 0.4) is 0 Å². The highest BCUT2D eigenvalue weighted by atomic mass is 35.5. The molecule has 2 aromatic carbocycles. The van der Waals surface area contributed by atoms with Gasteiger partial charge < -0.3 is 15.2 Å². The summed E-state index contributed by atoms with van der Waals surface area (Å²) in [5, 5.41) is 0.420. The summed E-state index contributed by atoms with van der Waals surface area (Å²) < 4.78 is 11.0. The number of ether oxygens (including phenoxy) is 2. The number of rotatable bonds is 5. The van der Waals surface area contributed by atoms with Gasteiger partial charge in [0.1, 0.15) is 11.6 Å². The predicted octanol–water partition coefficient (Wildman–Crippen LogP) is 3.56. The third-order valence-corrected chi connectivity index (χ3v) is 3.26. The second kappa shape index (κ2) is 6.59. The van der Waals surface area contributed by atoms with E-state index in [4.69, 9.17) is 39.0 Å². The van der Waals surface area contributed by atoms with Gasteiger partial charge in [0.15, 0.2) is 11.5 Å². The quantitative estimate of drug-likeness (QED) is 0.858. The molecule has 0 aliphatic rings. The molecule has 0 atom stereocenters. The standard InChI is InChI=1S/C15H14ClNO2S/c1-18-13-8-11(15(17)20)7-12(16)14(13)19-9-10-5-3-2-4-6-10/h2-8H,9H2,1H3,(H2,17,20). The van der Waals surface area contributed by atoms with Gasteiger partial charge in [0.05, 0.1) is 12.1 Å². The summed E-state index contributed by atoms with van der Waals surface area (Å²) >= 11 is 11.1. The minimum Gasteiger partial charge on any atom is -0.493 e. The van der Waals surface area contributed by atoms with E-state index in [0.717, 1.165) is 5.56 Å². The van der Waals surface area contributed by atoms with Crippen LogP contribution in [0, 0.1) is 0 Å². The maximum absolute atomic E-state index is 6.20. The maximum Gasteiger partial charge on any atom is 0.180 e. The molecule has 0 aliphatic heterocycles. The molecule has 2 N–H and O–H groups in total. The molecular formula is C15H14ClNO2S. The van der Waals surface area contributed by atoms with Gasteiger partial charge in [-0.25, -0.2) is 0 Å². The van der Waals surface area contributed by atoms with Gasteiger partial charge in [-0.2, -0.15) is 0 Å². The highest BCUT2D eigenvalue weighted by molar-refractivity contribution is 7.80. The first-order valence-electron chi connectivity index (χ1n) is 5.96. The van der Waals surface area contributed by atoms with E-state index in [-0.39, 0.29) is 4.99 Å². The lowest BCUT2D eigenvalue weighted by molar-refractivity contribution is 0.284. The van der Waals surface area contributed by atoms with E-state index >= 15 is 0 Å². The molecule has 0 bridgehead atoms. The first-order chi connectivity index (χ1) is 9.61. The lowest BCUT2D eigenvalue weighted by atomic mass is 10.2. The fourth-order valence-corrected chi connectivity index (χ4v) is 2.11. The Morgan fingerprint density at radius 1 is 1.25 bits per heavy atom. The summed E-state index contributed by atoms with van der Waals surface area (Å²) in [4.78, 5) is 0.264. The van der Waals surface area contributed by atoms with Crippen LogP contribution < -0.4 is 15.2 Å². The zero-order chi connectivity index (χ0) is 14.5. The van der Waals surface area contributed by atoms with Gasteiger partial charge in [0.2, 0.25) is 0 Å². The second-order valence-electron chi connectivity index (χ2n) is 4.13. The Bertz CT molecular complexity index is 617.